The van der Waals surface area contributed by atoms with Gasteiger partial charge < -0.3 is 5.73 Å². The molecule has 2 bridgehead atoms. The van der Waals surface area contributed by atoms with Crippen molar-refractivity contribution in [1.82, 2.24) is 4.90 Å². The predicted octanol–water partition coefficient (Wildman–Crippen LogP) is 3.79. The number of carbonyl (C=O) groups is 1. The summed E-state index contributed by atoms with van der Waals surface area (Å²) in [6, 6.07) is 7.02. The summed E-state index contributed by atoms with van der Waals surface area (Å²) in [5, 5.41) is 0. The first kappa shape index (κ1) is 15.9. The quantitative estimate of drug-likeness (QED) is 0.892. The van der Waals surface area contributed by atoms with Crippen molar-refractivity contribution in [3.8, 4) is 0 Å². The molecule has 1 aliphatic heterocycles. The van der Waals surface area contributed by atoms with E-state index in [0.29, 0.717) is 22.6 Å². The molecule has 3 aliphatic carbocycles. The van der Waals surface area contributed by atoms with Gasteiger partial charge in [-0.15, -0.1) is 0 Å². The van der Waals surface area contributed by atoms with Crippen molar-refractivity contribution in [2.24, 2.45) is 11.7 Å². The van der Waals surface area contributed by atoms with Gasteiger partial charge >= 0.3 is 0 Å². The highest BCUT2D eigenvalue weighted by Gasteiger charge is 2.57. The fourth-order valence-corrected chi connectivity index (χ4v) is 6.80. The number of hydrogen-bond acceptors (Lipinski definition) is 2. The van der Waals surface area contributed by atoms with Gasteiger partial charge in [-0.05, 0) is 87.6 Å². The Bertz CT molecular complexity index is 723. The number of likely N-dealkylation sites (tertiary alicyclic amines) is 1. The van der Waals surface area contributed by atoms with Gasteiger partial charge in [0.2, 0.25) is 5.91 Å². The maximum absolute atomic E-state index is 11.8. The van der Waals surface area contributed by atoms with Crippen LogP contribution < -0.4 is 5.73 Å². The van der Waals surface area contributed by atoms with E-state index in [4.69, 9.17) is 5.73 Å². The third-order valence-corrected chi connectivity index (χ3v) is 8.25. The zero-order valence-electron chi connectivity index (χ0n) is 15.4. The monoisotopic (exact) mass is 338 g/mol. The first-order valence-electron chi connectivity index (χ1n) is 10.2. The third-order valence-electron chi connectivity index (χ3n) is 8.25. The number of benzene rings is 1. The number of amides is 1. The van der Waals surface area contributed by atoms with Gasteiger partial charge in [0.05, 0.1) is 0 Å². The number of nitrogens with two attached hydrogens (primary N) is 1. The average molecular weight is 338 g/mol. The van der Waals surface area contributed by atoms with Crippen molar-refractivity contribution in [2.45, 2.75) is 81.7 Å². The molecule has 0 spiro atoms. The van der Waals surface area contributed by atoms with Crippen LogP contribution in [0.4, 0.5) is 0 Å². The van der Waals surface area contributed by atoms with Crippen LogP contribution in [0.2, 0.25) is 0 Å². The normalized spacial score (nSPS) is 36.0. The lowest BCUT2D eigenvalue weighted by Gasteiger charge is -2.64. The number of nitrogens with zero attached hydrogens (tertiary/aromatic N) is 1. The Balaban J connectivity index is 1.62. The standard InChI is InChI=1S/C22H30N2O/c1-21(8-4-9-21)24-12-11-22-10-3-2-5-17(22)19(24)14-15-6-7-16(20(23)25)13-18(15)22/h6-7,13,17,19H,2-5,8-12,14H2,1H3,(H2,23,25). The van der Waals surface area contributed by atoms with Gasteiger partial charge in [0, 0.05) is 22.6 Å². The number of hydrogen-bond donors (Lipinski definition) is 1. The predicted molar refractivity (Wildman–Crippen MR) is 99.7 cm³/mol. The molecule has 3 heteroatoms. The first-order valence-corrected chi connectivity index (χ1v) is 10.2. The Labute approximate surface area is 151 Å². The Hall–Kier alpha value is -1.35. The number of fused-ring (bicyclic) bond motifs is 1. The number of carbonyl (C=O) groups excluding carboxylic acids is 1. The molecule has 2 N–H and O–H groups in total. The van der Waals surface area contributed by atoms with Crippen LogP contribution in [-0.2, 0) is 11.8 Å². The topological polar surface area (TPSA) is 46.3 Å². The highest BCUT2D eigenvalue weighted by atomic mass is 16.1. The SMILES string of the molecule is CC1(N2CCC34CCCCC3C2Cc2ccc(C(N)=O)cc24)CCC1. The zero-order chi connectivity index (χ0) is 17.2. The molecule has 1 heterocycles. The first-order chi connectivity index (χ1) is 12.0. The molecule has 3 atom stereocenters. The molecule has 1 aromatic rings. The van der Waals surface area contributed by atoms with Crippen LogP contribution >= 0.6 is 0 Å². The lowest BCUT2D eigenvalue weighted by atomic mass is 9.51. The van der Waals surface area contributed by atoms with Crippen molar-refractivity contribution in [2.75, 3.05) is 6.54 Å². The second kappa shape index (κ2) is 5.33. The van der Waals surface area contributed by atoms with Crippen LogP contribution in [0, 0.1) is 5.92 Å². The summed E-state index contributed by atoms with van der Waals surface area (Å²) in [5.41, 5.74) is 10.0. The maximum atomic E-state index is 11.8. The van der Waals surface area contributed by atoms with E-state index in [-0.39, 0.29) is 5.91 Å². The van der Waals surface area contributed by atoms with E-state index >= 15 is 0 Å². The van der Waals surface area contributed by atoms with Gasteiger partial charge in [0.15, 0.2) is 0 Å². The molecule has 1 amide bonds. The van der Waals surface area contributed by atoms with Gasteiger partial charge in [-0.3, -0.25) is 9.69 Å². The minimum absolute atomic E-state index is 0.284. The van der Waals surface area contributed by atoms with Crippen LogP contribution in [0.15, 0.2) is 18.2 Å². The van der Waals surface area contributed by atoms with Gasteiger partial charge in [-0.2, -0.15) is 0 Å². The van der Waals surface area contributed by atoms with Crippen LogP contribution in [0.25, 0.3) is 0 Å². The van der Waals surface area contributed by atoms with Crippen molar-refractivity contribution < 1.29 is 4.79 Å². The van der Waals surface area contributed by atoms with Crippen molar-refractivity contribution in [1.29, 1.82) is 0 Å². The number of primary amides is 1. The fourth-order valence-electron chi connectivity index (χ4n) is 6.80. The van der Waals surface area contributed by atoms with Crippen molar-refractivity contribution >= 4 is 5.91 Å². The second-order valence-electron chi connectivity index (χ2n) is 9.31. The van der Waals surface area contributed by atoms with Gasteiger partial charge in [0.25, 0.3) is 0 Å². The Morgan fingerprint density at radius 2 is 2.00 bits per heavy atom. The molecule has 2 saturated carbocycles. The van der Waals surface area contributed by atoms with E-state index in [1.165, 1.54) is 69.0 Å². The van der Waals surface area contributed by atoms with E-state index in [1.807, 2.05) is 6.07 Å². The molecule has 134 valence electrons. The van der Waals surface area contributed by atoms with Crippen molar-refractivity contribution in [3.05, 3.63) is 34.9 Å². The van der Waals surface area contributed by atoms with E-state index in [2.05, 4.69) is 24.0 Å². The number of rotatable bonds is 2. The summed E-state index contributed by atoms with van der Waals surface area (Å²) in [5.74, 6) is 0.483. The molecule has 3 nitrogen and oxygen atoms in total. The van der Waals surface area contributed by atoms with E-state index in [0.717, 1.165) is 12.3 Å². The van der Waals surface area contributed by atoms with E-state index in [1.54, 1.807) is 0 Å². The van der Waals surface area contributed by atoms with E-state index < -0.39 is 0 Å². The molecule has 0 radical (unpaired) electrons. The summed E-state index contributed by atoms with van der Waals surface area (Å²) in [4.78, 5) is 14.7. The smallest absolute Gasteiger partial charge is 0.248 e. The Morgan fingerprint density at radius 3 is 2.72 bits per heavy atom. The minimum Gasteiger partial charge on any atom is -0.366 e. The number of piperidine rings is 1. The van der Waals surface area contributed by atoms with Gasteiger partial charge in [0.1, 0.15) is 0 Å². The molecule has 4 aliphatic rings. The Morgan fingerprint density at radius 1 is 1.16 bits per heavy atom. The summed E-state index contributed by atoms with van der Waals surface area (Å²) in [7, 11) is 0. The van der Waals surface area contributed by atoms with Crippen LogP contribution in [0.3, 0.4) is 0 Å². The largest absolute Gasteiger partial charge is 0.366 e. The van der Waals surface area contributed by atoms with E-state index in [9.17, 15) is 4.79 Å². The highest BCUT2D eigenvalue weighted by Crippen LogP contribution is 2.58. The van der Waals surface area contributed by atoms with Gasteiger partial charge in [-0.1, -0.05) is 18.9 Å². The summed E-state index contributed by atoms with van der Waals surface area (Å²) >= 11 is 0. The lowest BCUT2D eigenvalue weighted by Crippen LogP contribution is -2.67. The van der Waals surface area contributed by atoms with Crippen LogP contribution in [-0.4, -0.2) is 28.9 Å². The molecule has 3 unspecified atom stereocenters. The molecule has 1 aromatic carbocycles. The fraction of sp³-hybridized carbons (Fsp3) is 0.682. The average Bonchev–Trinajstić information content (AvgIpc) is 2.59. The molecule has 1 saturated heterocycles. The second-order valence-corrected chi connectivity index (χ2v) is 9.31. The highest BCUT2D eigenvalue weighted by molar-refractivity contribution is 5.93. The molecule has 25 heavy (non-hydrogen) atoms. The molecule has 3 fully saturated rings. The molecular weight excluding hydrogens is 308 g/mol. The van der Waals surface area contributed by atoms with Crippen molar-refractivity contribution in [3.63, 3.8) is 0 Å². The Kier molecular flexibility index (Phi) is 3.38. The molecular formula is C22H30N2O. The summed E-state index contributed by atoms with van der Waals surface area (Å²) < 4.78 is 0. The summed E-state index contributed by atoms with van der Waals surface area (Å²) in [6.45, 7) is 3.73. The molecule has 5 rings (SSSR count). The summed E-state index contributed by atoms with van der Waals surface area (Å²) in [6.07, 6.45) is 11.9. The molecule has 0 aromatic heterocycles. The minimum atomic E-state index is -0.284. The lowest BCUT2D eigenvalue weighted by molar-refractivity contribution is -0.0915. The third kappa shape index (κ3) is 2.11. The maximum Gasteiger partial charge on any atom is 0.248 e. The van der Waals surface area contributed by atoms with Crippen LogP contribution in [0.1, 0.15) is 79.8 Å². The zero-order valence-corrected chi connectivity index (χ0v) is 15.4. The van der Waals surface area contributed by atoms with Crippen LogP contribution in [0.5, 0.6) is 0 Å². The van der Waals surface area contributed by atoms with Gasteiger partial charge in [-0.25, -0.2) is 0 Å².